The summed E-state index contributed by atoms with van der Waals surface area (Å²) in [6.45, 7) is 0. The van der Waals surface area contributed by atoms with Crippen molar-refractivity contribution >= 4 is 35.2 Å². The first kappa shape index (κ1) is 9.52. The molecule has 0 atom stereocenters. The van der Waals surface area contributed by atoms with Gasteiger partial charge in [0.1, 0.15) is 0 Å². The predicted octanol–water partition coefficient (Wildman–Crippen LogP) is -0.0185. The van der Waals surface area contributed by atoms with E-state index in [9.17, 15) is 0 Å². The molecule has 6 heteroatoms. The standard InChI is InChI=1S/C8H8BClN2O2/c10-3-5-1-7-8(12-4-11-7)2-6(5)9(13)14/h1-2,4,13-14H,3H2,(H,11,12). The van der Waals surface area contributed by atoms with Crippen LogP contribution >= 0.6 is 11.6 Å². The molecular weight excluding hydrogens is 202 g/mol. The molecule has 0 amide bonds. The lowest BCUT2D eigenvalue weighted by Gasteiger charge is -2.05. The maximum Gasteiger partial charge on any atom is 0.488 e. The van der Waals surface area contributed by atoms with Crippen molar-refractivity contribution in [1.82, 2.24) is 9.97 Å². The van der Waals surface area contributed by atoms with E-state index in [1.807, 2.05) is 0 Å². The van der Waals surface area contributed by atoms with Crippen molar-refractivity contribution in [3.63, 3.8) is 0 Å². The van der Waals surface area contributed by atoms with Gasteiger partial charge in [0.05, 0.1) is 17.4 Å². The van der Waals surface area contributed by atoms with Gasteiger partial charge < -0.3 is 15.0 Å². The van der Waals surface area contributed by atoms with Crippen LogP contribution < -0.4 is 5.46 Å². The van der Waals surface area contributed by atoms with Crippen molar-refractivity contribution in [2.75, 3.05) is 0 Å². The van der Waals surface area contributed by atoms with Crippen LogP contribution in [0.25, 0.3) is 11.0 Å². The lowest BCUT2D eigenvalue weighted by molar-refractivity contribution is 0.425. The molecule has 1 heterocycles. The largest absolute Gasteiger partial charge is 0.488 e. The molecule has 3 N–H and O–H groups in total. The van der Waals surface area contributed by atoms with Crippen molar-refractivity contribution in [3.8, 4) is 0 Å². The Morgan fingerprint density at radius 3 is 2.86 bits per heavy atom. The molecule has 0 unspecified atom stereocenters. The normalized spacial score (nSPS) is 10.8. The molecule has 1 aromatic carbocycles. The summed E-state index contributed by atoms with van der Waals surface area (Å²) in [5.41, 5.74) is 2.63. The van der Waals surface area contributed by atoms with E-state index in [4.69, 9.17) is 21.6 Å². The molecule has 0 bridgehead atoms. The third kappa shape index (κ3) is 1.50. The van der Waals surface area contributed by atoms with Gasteiger partial charge >= 0.3 is 7.12 Å². The molecule has 0 radical (unpaired) electrons. The second-order valence-corrected chi connectivity index (χ2v) is 3.25. The second-order valence-electron chi connectivity index (χ2n) is 2.98. The number of fused-ring (bicyclic) bond motifs is 1. The van der Waals surface area contributed by atoms with Crippen LogP contribution in [-0.4, -0.2) is 27.1 Å². The highest BCUT2D eigenvalue weighted by molar-refractivity contribution is 6.59. The average Bonchev–Trinajstić information content (AvgIpc) is 2.62. The van der Waals surface area contributed by atoms with Crippen LogP contribution in [-0.2, 0) is 5.88 Å². The number of nitrogens with one attached hydrogen (secondary N) is 1. The van der Waals surface area contributed by atoms with Crippen molar-refractivity contribution in [2.45, 2.75) is 5.88 Å². The van der Waals surface area contributed by atoms with Gasteiger partial charge in [0.15, 0.2) is 0 Å². The smallest absolute Gasteiger partial charge is 0.423 e. The molecule has 0 aliphatic carbocycles. The molecular formula is C8H8BClN2O2. The van der Waals surface area contributed by atoms with Crippen LogP contribution in [0.2, 0.25) is 0 Å². The van der Waals surface area contributed by atoms with Gasteiger partial charge in [0.25, 0.3) is 0 Å². The number of hydrogen-bond acceptors (Lipinski definition) is 3. The lowest BCUT2D eigenvalue weighted by atomic mass is 9.77. The van der Waals surface area contributed by atoms with Gasteiger partial charge in [-0.1, -0.05) is 0 Å². The van der Waals surface area contributed by atoms with E-state index < -0.39 is 7.12 Å². The highest BCUT2D eigenvalue weighted by Gasteiger charge is 2.16. The maximum absolute atomic E-state index is 9.10. The Kier molecular flexibility index (Phi) is 2.45. The summed E-state index contributed by atoms with van der Waals surface area (Å²) in [7, 11) is -1.50. The summed E-state index contributed by atoms with van der Waals surface area (Å²) < 4.78 is 0. The molecule has 4 nitrogen and oxygen atoms in total. The molecule has 0 fully saturated rings. The fourth-order valence-electron chi connectivity index (χ4n) is 1.40. The third-order valence-corrected chi connectivity index (χ3v) is 2.39. The summed E-state index contributed by atoms with van der Waals surface area (Å²) in [4.78, 5) is 6.94. The molecule has 2 rings (SSSR count). The summed E-state index contributed by atoms with van der Waals surface area (Å²) in [6.07, 6.45) is 1.55. The predicted molar refractivity (Wildman–Crippen MR) is 55.5 cm³/mol. The Hall–Kier alpha value is -1.04. The van der Waals surface area contributed by atoms with Gasteiger partial charge in [-0.05, 0) is 23.2 Å². The Morgan fingerprint density at radius 2 is 2.21 bits per heavy atom. The van der Waals surface area contributed by atoms with Crippen LogP contribution in [0, 0.1) is 0 Å². The first-order valence-corrected chi connectivity index (χ1v) is 4.64. The number of aromatic nitrogens is 2. The minimum atomic E-state index is -1.50. The number of nitrogens with zero attached hydrogens (tertiary/aromatic N) is 1. The zero-order chi connectivity index (χ0) is 10.1. The van der Waals surface area contributed by atoms with E-state index in [1.165, 1.54) is 0 Å². The van der Waals surface area contributed by atoms with Gasteiger partial charge in [-0.3, -0.25) is 0 Å². The molecule has 0 saturated carbocycles. The van der Waals surface area contributed by atoms with E-state index in [1.54, 1.807) is 18.5 Å². The van der Waals surface area contributed by atoms with Crippen molar-refractivity contribution in [3.05, 3.63) is 24.0 Å². The number of rotatable bonds is 2. The Morgan fingerprint density at radius 1 is 1.43 bits per heavy atom. The van der Waals surface area contributed by atoms with Crippen molar-refractivity contribution in [2.24, 2.45) is 0 Å². The minimum absolute atomic E-state index is 0.232. The maximum atomic E-state index is 9.10. The molecule has 14 heavy (non-hydrogen) atoms. The van der Waals surface area contributed by atoms with E-state index >= 15 is 0 Å². The third-order valence-electron chi connectivity index (χ3n) is 2.10. The topological polar surface area (TPSA) is 69.1 Å². The monoisotopic (exact) mass is 210 g/mol. The number of hydrogen-bond donors (Lipinski definition) is 3. The van der Waals surface area contributed by atoms with Gasteiger partial charge in [-0.25, -0.2) is 4.98 Å². The molecule has 0 spiro atoms. The van der Waals surface area contributed by atoms with Gasteiger partial charge in [-0.15, -0.1) is 11.6 Å². The Bertz CT molecular complexity index is 458. The van der Waals surface area contributed by atoms with E-state index in [-0.39, 0.29) is 5.88 Å². The van der Waals surface area contributed by atoms with Gasteiger partial charge in [0.2, 0.25) is 0 Å². The highest BCUT2D eigenvalue weighted by Crippen LogP contribution is 2.11. The highest BCUT2D eigenvalue weighted by atomic mass is 35.5. The lowest BCUT2D eigenvalue weighted by Crippen LogP contribution is -2.32. The Balaban J connectivity index is 2.66. The quantitative estimate of drug-likeness (QED) is 0.482. The first-order chi connectivity index (χ1) is 6.72. The zero-order valence-electron chi connectivity index (χ0n) is 7.24. The zero-order valence-corrected chi connectivity index (χ0v) is 7.99. The Labute approximate surface area is 85.7 Å². The van der Waals surface area contributed by atoms with Gasteiger partial charge in [0, 0.05) is 5.88 Å². The van der Waals surface area contributed by atoms with Crippen molar-refractivity contribution in [1.29, 1.82) is 0 Å². The molecule has 1 aromatic heterocycles. The minimum Gasteiger partial charge on any atom is -0.423 e. The number of aromatic amines is 1. The van der Waals surface area contributed by atoms with Crippen LogP contribution in [0.3, 0.4) is 0 Å². The van der Waals surface area contributed by atoms with E-state index in [0.29, 0.717) is 11.0 Å². The first-order valence-electron chi connectivity index (χ1n) is 4.10. The molecule has 2 aromatic rings. The van der Waals surface area contributed by atoms with E-state index in [2.05, 4.69) is 9.97 Å². The van der Waals surface area contributed by atoms with Crippen LogP contribution in [0.5, 0.6) is 0 Å². The van der Waals surface area contributed by atoms with Crippen LogP contribution in [0.15, 0.2) is 18.5 Å². The number of imidazole rings is 1. The molecule has 0 aliphatic heterocycles. The SMILES string of the molecule is OB(O)c1cc2[nH]cnc2cc1CCl. The molecule has 0 saturated heterocycles. The van der Waals surface area contributed by atoms with E-state index in [0.717, 1.165) is 11.0 Å². The number of alkyl halides is 1. The average molecular weight is 210 g/mol. The summed E-state index contributed by atoms with van der Waals surface area (Å²) in [5.74, 6) is 0.232. The van der Waals surface area contributed by atoms with Crippen LogP contribution in [0.4, 0.5) is 0 Å². The summed E-state index contributed by atoms with van der Waals surface area (Å²) >= 11 is 5.68. The number of halogens is 1. The van der Waals surface area contributed by atoms with Crippen LogP contribution in [0.1, 0.15) is 5.56 Å². The molecule has 72 valence electrons. The number of H-pyrrole nitrogens is 1. The second kappa shape index (κ2) is 3.61. The van der Waals surface area contributed by atoms with Gasteiger partial charge in [-0.2, -0.15) is 0 Å². The summed E-state index contributed by atoms with van der Waals surface area (Å²) in [6, 6.07) is 3.39. The fourth-order valence-corrected chi connectivity index (χ4v) is 1.63. The molecule has 0 aliphatic rings. The van der Waals surface area contributed by atoms with Crippen molar-refractivity contribution < 1.29 is 10.0 Å². The fraction of sp³-hybridized carbons (Fsp3) is 0.125. The summed E-state index contributed by atoms with van der Waals surface area (Å²) in [5, 5.41) is 18.2. The number of benzene rings is 1.